The number of nitrogens with zero attached hydrogens (tertiary/aromatic N) is 1. The van der Waals surface area contributed by atoms with Crippen LogP contribution in [0.15, 0.2) is 76.4 Å². The number of hydrogen-bond acceptors (Lipinski definition) is 6. The average Bonchev–Trinajstić information content (AvgIpc) is 3.67. The zero-order valence-corrected chi connectivity index (χ0v) is 25.7. The maximum atomic E-state index is 14.6. The Bertz CT molecular complexity index is 1590. The Balaban J connectivity index is 1.47. The minimum Gasteiger partial charge on any atom is -0.472 e. The second-order valence-corrected chi connectivity index (χ2v) is 15.1. The maximum Gasteiger partial charge on any atom is 0.317 e. The number of ether oxygens (including phenoxy) is 1. The maximum absolute atomic E-state index is 14.6. The number of hydrogen-bond donors (Lipinski definition) is 0. The van der Waals surface area contributed by atoms with E-state index in [2.05, 4.69) is 20.8 Å². The fourth-order valence-electron chi connectivity index (χ4n) is 8.18. The third kappa shape index (κ3) is 4.32. The highest BCUT2D eigenvalue weighted by Gasteiger charge is 2.70. The SMILES string of the molecule is Cc1cc(C)cc(N([C@@H]2[C@H]3CC[C@@](C)([C@@H]2OC(=O)[C@H]2C(=O)CC[C@@H]2c2ccoc2)C3(C)C)S(=O)(=O)c2ccccc2)c1. The zero-order chi connectivity index (χ0) is 30.0. The van der Waals surface area contributed by atoms with Crippen molar-refractivity contribution < 1.29 is 27.2 Å². The molecule has 42 heavy (non-hydrogen) atoms. The number of fused-ring (bicyclic) bond motifs is 2. The van der Waals surface area contributed by atoms with Gasteiger partial charge in [-0.3, -0.25) is 13.9 Å². The Morgan fingerprint density at radius 3 is 2.33 bits per heavy atom. The molecule has 3 aliphatic rings. The lowest BCUT2D eigenvalue weighted by Crippen LogP contribution is -2.54. The van der Waals surface area contributed by atoms with Crippen LogP contribution in [0.4, 0.5) is 5.69 Å². The van der Waals surface area contributed by atoms with Crippen LogP contribution in [0.3, 0.4) is 0 Å². The van der Waals surface area contributed by atoms with Gasteiger partial charge in [-0.25, -0.2) is 8.42 Å². The van der Waals surface area contributed by atoms with Crippen LogP contribution in [-0.4, -0.2) is 32.3 Å². The molecule has 222 valence electrons. The van der Waals surface area contributed by atoms with E-state index in [0.717, 1.165) is 29.5 Å². The van der Waals surface area contributed by atoms with Crippen LogP contribution in [0.1, 0.15) is 69.1 Å². The molecule has 0 N–H and O–H groups in total. The topological polar surface area (TPSA) is 93.9 Å². The number of aryl methyl sites for hydroxylation is 2. The highest BCUT2D eigenvalue weighted by Crippen LogP contribution is 2.68. The largest absolute Gasteiger partial charge is 0.472 e. The van der Waals surface area contributed by atoms with Gasteiger partial charge in [-0.2, -0.15) is 0 Å². The quantitative estimate of drug-likeness (QED) is 0.228. The minimum absolute atomic E-state index is 0.0662. The Morgan fingerprint density at radius 1 is 1.00 bits per heavy atom. The number of furan rings is 1. The second kappa shape index (κ2) is 10.1. The number of anilines is 1. The normalized spacial score (nSPS) is 30.0. The first-order valence-corrected chi connectivity index (χ1v) is 16.2. The van der Waals surface area contributed by atoms with Crippen molar-refractivity contribution in [3.05, 3.63) is 83.8 Å². The highest BCUT2D eigenvalue weighted by atomic mass is 32.2. The summed E-state index contributed by atoms with van der Waals surface area (Å²) in [5.74, 6) is -2.03. The molecule has 0 spiro atoms. The molecule has 3 aromatic rings. The number of benzene rings is 2. The Kier molecular flexibility index (Phi) is 6.91. The van der Waals surface area contributed by atoms with Crippen molar-refractivity contribution in [2.75, 3.05) is 4.31 Å². The van der Waals surface area contributed by atoms with Gasteiger partial charge in [-0.05, 0) is 91.5 Å². The van der Waals surface area contributed by atoms with Gasteiger partial charge in [0, 0.05) is 17.8 Å². The van der Waals surface area contributed by atoms with E-state index in [4.69, 9.17) is 9.15 Å². The smallest absolute Gasteiger partial charge is 0.317 e. The van der Waals surface area contributed by atoms with E-state index in [1.807, 2.05) is 32.0 Å². The number of ketones is 1. The first-order chi connectivity index (χ1) is 19.9. The molecule has 6 rings (SSSR count). The number of rotatable bonds is 7. The summed E-state index contributed by atoms with van der Waals surface area (Å²) in [6, 6.07) is 15.4. The molecule has 2 bridgehead atoms. The van der Waals surface area contributed by atoms with Gasteiger partial charge in [-0.1, -0.05) is 45.0 Å². The number of esters is 1. The second-order valence-electron chi connectivity index (χ2n) is 13.2. The van der Waals surface area contributed by atoms with E-state index in [-0.39, 0.29) is 27.9 Å². The molecule has 1 aromatic heterocycles. The van der Waals surface area contributed by atoms with Gasteiger partial charge in [0.1, 0.15) is 17.8 Å². The summed E-state index contributed by atoms with van der Waals surface area (Å²) in [4.78, 5) is 27.3. The Labute approximate surface area is 248 Å². The summed E-state index contributed by atoms with van der Waals surface area (Å²) >= 11 is 0. The van der Waals surface area contributed by atoms with Gasteiger partial charge in [0.05, 0.1) is 29.2 Å². The average molecular weight is 590 g/mol. The molecular formula is C34H39NO6S. The molecule has 0 aliphatic heterocycles. The van der Waals surface area contributed by atoms with Crippen molar-refractivity contribution in [2.24, 2.45) is 22.7 Å². The lowest BCUT2D eigenvalue weighted by Gasteiger charge is -2.43. The van der Waals surface area contributed by atoms with Crippen molar-refractivity contribution in [1.29, 1.82) is 0 Å². The third-order valence-corrected chi connectivity index (χ3v) is 12.5. The molecule has 0 radical (unpaired) electrons. The van der Waals surface area contributed by atoms with Crippen LogP contribution < -0.4 is 4.31 Å². The summed E-state index contributed by atoms with van der Waals surface area (Å²) < 4.78 is 42.5. The molecule has 6 atom stereocenters. The van der Waals surface area contributed by atoms with Crippen molar-refractivity contribution >= 4 is 27.5 Å². The molecule has 3 fully saturated rings. The fourth-order valence-corrected chi connectivity index (χ4v) is 9.87. The summed E-state index contributed by atoms with van der Waals surface area (Å²) in [6.45, 7) is 10.3. The summed E-state index contributed by atoms with van der Waals surface area (Å²) in [7, 11) is -4.05. The lowest BCUT2D eigenvalue weighted by atomic mass is 9.70. The van der Waals surface area contributed by atoms with E-state index in [1.165, 1.54) is 4.31 Å². The van der Waals surface area contributed by atoms with Gasteiger partial charge in [0.25, 0.3) is 10.0 Å². The predicted octanol–water partition coefficient (Wildman–Crippen LogP) is 6.59. The Morgan fingerprint density at radius 2 is 1.69 bits per heavy atom. The summed E-state index contributed by atoms with van der Waals surface area (Å²) in [5.41, 5.74) is 2.44. The zero-order valence-electron chi connectivity index (χ0n) is 24.9. The van der Waals surface area contributed by atoms with E-state index in [0.29, 0.717) is 18.5 Å². The van der Waals surface area contributed by atoms with Gasteiger partial charge >= 0.3 is 5.97 Å². The van der Waals surface area contributed by atoms with E-state index < -0.39 is 39.5 Å². The molecular weight excluding hydrogens is 550 g/mol. The van der Waals surface area contributed by atoms with Crippen LogP contribution in [0, 0.1) is 36.5 Å². The molecule has 7 nitrogen and oxygen atoms in total. The molecule has 3 aliphatic carbocycles. The van der Waals surface area contributed by atoms with E-state index in [1.54, 1.807) is 48.9 Å². The first-order valence-electron chi connectivity index (χ1n) is 14.8. The number of sulfonamides is 1. The van der Waals surface area contributed by atoms with E-state index >= 15 is 0 Å². The van der Waals surface area contributed by atoms with Crippen molar-refractivity contribution in [1.82, 2.24) is 0 Å². The predicted molar refractivity (Wildman–Crippen MR) is 159 cm³/mol. The van der Waals surface area contributed by atoms with Crippen LogP contribution in [-0.2, 0) is 24.3 Å². The van der Waals surface area contributed by atoms with Gasteiger partial charge < -0.3 is 9.15 Å². The minimum atomic E-state index is -4.05. The van der Waals surface area contributed by atoms with Crippen molar-refractivity contribution in [3.8, 4) is 0 Å². The number of carbonyl (C=O) groups excluding carboxylic acids is 2. The number of carbonyl (C=O) groups is 2. The first kappa shape index (κ1) is 28.7. The van der Waals surface area contributed by atoms with Crippen LogP contribution in [0.5, 0.6) is 0 Å². The standard InChI is InChI=1S/C34H39NO6S/c1-21-17-22(2)19-24(18-21)35(42(38,39)25-9-7-6-8-10-25)30-27-13-15-34(5,33(27,3)4)31(30)41-32(37)29-26(11-12-28(29)36)23-14-16-40-20-23/h6-10,14,16-20,26-27,29-31H,11-13,15H2,1-5H3/t26-,27-,29-,30-,31-,34+/m1/s1. The molecule has 0 unspecified atom stereocenters. The van der Waals surface area contributed by atoms with Crippen molar-refractivity contribution in [3.63, 3.8) is 0 Å². The molecule has 8 heteroatoms. The summed E-state index contributed by atoms with van der Waals surface area (Å²) in [6.07, 6.45) is 4.86. The summed E-state index contributed by atoms with van der Waals surface area (Å²) in [5, 5.41) is 0. The van der Waals surface area contributed by atoms with Crippen LogP contribution in [0.2, 0.25) is 0 Å². The van der Waals surface area contributed by atoms with Crippen molar-refractivity contribution in [2.45, 2.75) is 83.3 Å². The lowest BCUT2D eigenvalue weighted by molar-refractivity contribution is -0.164. The molecule has 3 saturated carbocycles. The van der Waals surface area contributed by atoms with Gasteiger partial charge in [0.15, 0.2) is 0 Å². The molecule has 2 aromatic carbocycles. The van der Waals surface area contributed by atoms with Gasteiger partial charge in [-0.15, -0.1) is 0 Å². The molecule has 0 amide bonds. The number of Topliss-reactive ketones (excluding diaryl/α,β-unsaturated/α-hetero) is 1. The fraction of sp³-hybridized carbons (Fsp3) is 0.471. The molecule has 1 heterocycles. The van der Waals surface area contributed by atoms with Crippen LogP contribution >= 0.6 is 0 Å². The van der Waals surface area contributed by atoms with Crippen LogP contribution in [0.25, 0.3) is 0 Å². The monoisotopic (exact) mass is 589 g/mol. The highest BCUT2D eigenvalue weighted by molar-refractivity contribution is 7.92. The third-order valence-electron chi connectivity index (χ3n) is 10.7. The van der Waals surface area contributed by atoms with E-state index in [9.17, 15) is 18.0 Å². The molecule has 0 saturated heterocycles. The van der Waals surface area contributed by atoms with Gasteiger partial charge in [0.2, 0.25) is 0 Å². The Hall–Kier alpha value is -3.39.